The van der Waals surface area contributed by atoms with Crippen molar-refractivity contribution in [3.63, 3.8) is 0 Å². The van der Waals surface area contributed by atoms with Crippen LogP contribution in [-0.4, -0.2) is 16.6 Å². The first kappa shape index (κ1) is 17.1. The fourth-order valence-corrected chi connectivity index (χ4v) is 5.34. The summed E-state index contributed by atoms with van der Waals surface area (Å²) in [6, 6.07) is 13.3. The number of benzene rings is 2. The number of Topliss-reactive ketones (excluding diaryl/α,β-unsaturated/α-hetero) is 2. The molecule has 5 rings (SSSR count). The van der Waals surface area contributed by atoms with Gasteiger partial charge in [0.1, 0.15) is 21.5 Å². The Balaban J connectivity index is 1.55. The predicted octanol–water partition coefficient (Wildman–Crippen LogP) is 5.77. The topological polar surface area (TPSA) is 47.0 Å². The van der Waals surface area contributed by atoms with Gasteiger partial charge in [-0.2, -0.15) is 0 Å². The number of allylic oxidation sites excluding steroid dienone is 1. The summed E-state index contributed by atoms with van der Waals surface area (Å²) in [5.41, 5.74) is -0.187. The van der Waals surface area contributed by atoms with Crippen LogP contribution in [0, 0.1) is 11.6 Å². The third kappa shape index (κ3) is 2.55. The third-order valence-corrected chi connectivity index (χ3v) is 6.62. The fraction of sp³-hybridized carbons (Fsp3) is 0. The van der Waals surface area contributed by atoms with Crippen LogP contribution in [-0.2, 0) is 0 Å². The van der Waals surface area contributed by atoms with Gasteiger partial charge in [-0.15, -0.1) is 22.7 Å². The van der Waals surface area contributed by atoms with Gasteiger partial charge >= 0.3 is 0 Å². The van der Waals surface area contributed by atoms with Crippen LogP contribution in [0.2, 0.25) is 0 Å². The molecular weight excluding hydrogens is 400 g/mol. The number of carbonyl (C=O) groups excluding carboxylic acids is 2. The van der Waals surface area contributed by atoms with Crippen molar-refractivity contribution in [1.29, 1.82) is 0 Å². The van der Waals surface area contributed by atoms with Crippen LogP contribution in [0.25, 0.3) is 26.2 Å². The average Bonchev–Trinajstić information content (AvgIpc) is 3.32. The van der Waals surface area contributed by atoms with Crippen molar-refractivity contribution in [2.24, 2.45) is 0 Å². The summed E-state index contributed by atoms with van der Waals surface area (Å²) >= 11 is 2.82. The zero-order valence-corrected chi connectivity index (χ0v) is 15.7. The van der Waals surface area contributed by atoms with Crippen molar-refractivity contribution in [2.75, 3.05) is 0 Å². The monoisotopic (exact) mass is 409 g/mol. The molecule has 0 radical (unpaired) electrons. The van der Waals surface area contributed by atoms with Crippen LogP contribution in [0.1, 0.15) is 25.6 Å². The Morgan fingerprint density at radius 3 is 2.11 bits per heavy atom. The molecule has 4 aromatic rings. The molecule has 0 fully saturated rings. The number of fused-ring (bicyclic) bond motifs is 2. The lowest BCUT2D eigenvalue weighted by Crippen LogP contribution is -2.00. The molecule has 3 nitrogen and oxygen atoms in total. The third-order valence-electron chi connectivity index (χ3n) is 4.46. The van der Waals surface area contributed by atoms with Crippen LogP contribution in [0.3, 0.4) is 0 Å². The van der Waals surface area contributed by atoms with Gasteiger partial charge in [-0.25, -0.2) is 13.8 Å². The summed E-state index contributed by atoms with van der Waals surface area (Å²) in [4.78, 5) is 31.0. The maximum Gasteiger partial charge on any atom is 0.200 e. The van der Waals surface area contributed by atoms with Crippen LogP contribution < -0.4 is 0 Å². The van der Waals surface area contributed by atoms with Gasteiger partial charge in [-0.05, 0) is 24.3 Å². The highest BCUT2D eigenvalue weighted by molar-refractivity contribution is 7.29. The Morgan fingerprint density at radius 1 is 0.857 bits per heavy atom. The second-order valence-corrected chi connectivity index (χ2v) is 8.29. The fourth-order valence-electron chi connectivity index (χ4n) is 3.17. The van der Waals surface area contributed by atoms with E-state index in [1.165, 1.54) is 28.7 Å². The van der Waals surface area contributed by atoms with Gasteiger partial charge in [0.05, 0.1) is 21.4 Å². The zero-order chi connectivity index (χ0) is 19.4. The van der Waals surface area contributed by atoms with Crippen LogP contribution in [0.4, 0.5) is 8.78 Å². The van der Waals surface area contributed by atoms with Gasteiger partial charge in [-0.1, -0.05) is 30.3 Å². The van der Waals surface area contributed by atoms with E-state index in [9.17, 15) is 18.4 Å². The van der Waals surface area contributed by atoms with Gasteiger partial charge in [0.2, 0.25) is 11.6 Å². The number of ketones is 2. The van der Waals surface area contributed by atoms with E-state index >= 15 is 0 Å². The zero-order valence-electron chi connectivity index (χ0n) is 14.0. The minimum absolute atomic E-state index is 0.226. The van der Waals surface area contributed by atoms with E-state index in [4.69, 9.17) is 0 Å². The smallest absolute Gasteiger partial charge is 0.200 e. The largest absolute Gasteiger partial charge is 0.288 e. The van der Waals surface area contributed by atoms with Crippen LogP contribution >= 0.6 is 22.7 Å². The lowest BCUT2D eigenvalue weighted by Gasteiger charge is -1.97. The van der Waals surface area contributed by atoms with E-state index in [-0.39, 0.29) is 5.57 Å². The van der Waals surface area contributed by atoms with Crippen molar-refractivity contribution in [1.82, 2.24) is 4.98 Å². The van der Waals surface area contributed by atoms with Gasteiger partial charge < -0.3 is 0 Å². The number of hydrogen-bond acceptors (Lipinski definition) is 5. The highest BCUT2D eigenvalue weighted by Crippen LogP contribution is 2.37. The summed E-state index contributed by atoms with van der Waals surface area (Å²) in [5.74, 6) is -3.35. The molecule has 28 heavy (non-hydrogen) atoms. The molecule has 136 valence electrons. The van der Waals surface area contributed by atoms with Gasteiger partial charge in [0.25, 0.3) is 0 Å². The molecule has 2 aromatic carbocycles. The van der Waals surface area contributed by atoms with Crippen molar-refractivity contribution in [3.8, 4) is 10.6 Å². The minimum Gasteiger partial charge on any atom is -0.288 e. The molecular formula is C21H9F2NO2S2. The van der Waals surface area contributed by atoms with Crippen LogP contribution in [0.5, 0.6) is 0 Å². The second kappa shape index (κ2) is 6.25. The highest BCUT2D eigenvalue weighted by Gasteiger charge is 2.38. The maximum absolute atomic E-state index is 14.0. The minimum atomic E-state index is -0.889. The molecule has 0 spiro atoms. The summed E-state index contributed by atoms with van der Waals surface area (Å²) in [6.45, 7) is 0. The Bertz CT molecular complexity index is 1240. The number of aromatic nitrogens is 1. The lowest BCUT2D eigenvalue weighted by atomic mass is 10.1. The number of rotatable bonds is 2. The molecule has 0 amide bonds. The number of halogens is 2. The Morgan fingerprint density at radius 2 is 1.50 bits per heavy atom. The lowest BCUT2D eigenvalue weighted by molar-refractivity contribution is 0.0989. The van der Waals surface area contributed by atoms with E-state index in [0.717, 1.165) is 32.2 Å². The van der Waals surface area contributed by atoms with Crippen molar-refractivity contribution in [3.05, 3.63) is 81.7 Å². The molecule has 0 saturated carbocycles. The van der Waals surface area contributed by atoms with Crippen LogP contribution in [0.15, 0.2) is 54.1 Å². The molecule has 2 heterocycles. The quantitative estimate of drug-likeness (QED) is 0.312. The van der Waals surface area contributed by atoms with E-state index < -0.39 is 34.3 Å². The Kier molecular flexibility index (Phi) is 3.82. The van der Waals surface area contributed by atoms with E-state index in [1.54, 1.807) is 0 Å². The molecule has 0 atom stereocenters. The molecule has 0 saturated heterocycles. The number of carbonyl (C=O) groups is 2. The van der Waals surface area contributed by atoms with Crippen molar-refractivity contribution in [2.45, 2.75) is 0 Å². The molecule has 0 unspecified atom stereocenters. The molecule has 0 aliphatic heterocycles. The second-order valence-electron chi connectivity index (χ2n) is 6.20. The SMILES string of the molecule is O=C1C(=Cc2cc3sc(-c4ccccc4)nc3s2)C(=O)c2c(F)ccc(F)c21. The van der Waals surface area contributed by atoms with Crippen molar-refractivity contribution < 1.29 is 18.4 Å². The highest BCUT2D eigenvalue weighted by atomic mass is 32.1. The molecule has 0 N–H and O–H groups in total. The summed E-state index contributed by atoms with van der Waals surface area (Å²) in [5, 5.41) is 0.880. The van der Waals surface area contributed by atoms with E-state index in [2.05, 4.69) is 4.98 Å². The number of hydrogen-bond donors (Lipinski definition) is 0. The molecule has 1 aliphatic rings. The van der Waals surface area contributed by atoms with Gasteiger partial charge in [0.15, 0.2) is 0 Å². The molecule has 0 bridgehead atoms. The normalized spacial score (nSPS) is 13.4. The summed E-state index contributed by atoms with van der Waals surface area (Å²) in [6.07, 6.45) is 1.39. The van der Waals surface area contributed by atoms with Gasteiger partial charge in [-0.3, -0.25) is 9.59 Å². The first-order valence-electron chi connectivity index (χ1n) is 8.28. The standard InChI is InChI=1S/C21H9F2NO2S2/c22-13-6-7-14(23)17-16(13)18(25)12(19(17)26)8-11-9-15-21(27-11)24-20(28-15)10-4-2-1-3-5-10/h1-9H. The Hall–Kier alpha value is -3.03. The molecule has 1 aliphatic carbocycles. The number of thiazole rings is 1. The number of nitrogens with zero attached hydrogens (tertiary/aromatic N) is 1. The Labute approximate surface area is 165 Å². The first-order chi connectivity index (χ1) is 13.5. The van der Waals surface area contributed by atoms with Crippen molar-refractivity contribution >= 4 is 49.8 Å². The average molecular weight is 409 g/mol. The summed E-state index contributed by atoms with van der Waals surface area (Å²) in [7, 11) is 0. The number of thiophene rings is 1. The maximum atomic E-state index is 14.0. The summed E-state index contributed by atoms with van der Waals surface area (Å²) < 4.78 is 28.8. The van der Waals surface area contributed by atoms with Gasteiger partial charge in [0, 0.05) is 10.4 Å². The molecule has 7 heteroatoms. The molecule has 2 aromatic heterocycles. The van der Waals surface area contributed by atoms with E-state index in [1.807, 2.05) is 36.4 Å². The first-order valence-corrected chi connectivity index (χ1v) is 9.91. The predicted molar refractivity (Wildman–Crippen MR) is 106 cm³/mol. The van der Waals surface area contributed by atoms with E-state index in [0.29, 0.717) is 4.88 Å².